The molecular formula is C23H26F3N7. The van der Waals surface area contributed by atoms with Crippen molar-refractivity contribution < 1.29 is 13.2 Å². The first-order valence-corrected chi connectivity index (χ1v) is 10.4. The first-order chi connectivity index (χ1) is 15.7. The smallest absolute Gasteiger partial charge is 0.370 e. The Kier molecular flexibility index (Phi) is 7.47. The molecule has 3 aromatic rings. The van der Waals surface area contributed by atoms with Crippen molar-refractivity contribution in [3.8, 4) is 0 Å². The molecule has 0 spiro atoms. The topological polar surface area (TPSA) is 71.8 Å². The molecule has 0 atom stereocenters. The minimum absolute atomic E-state index is 0.165. The van der Waals surface area contributed by atoms with Gasteiger partial charge in [0, 0.05) is 25.2 Å². The summed E-state index contributed by atoms with van der Waals surface area (Å²) in [5, 5.41) is 15.5. The van der Waals surface area contributed by atoms with E-state index in [-0.39, 0.29) is 6.54 Å². The number of hydrogen-bond acceptors (Lipinski definition) is 6. The molecule has 0 fully saturated rings. The number of pyridine rings is 1. The molecule has 0 radical (unpaired) electrons. The highest BCUT2D eigenvalue weighted by molar-refractivity contribution is 5.58. The fraction of sp³-hybridized carbons (Fsp3) is 0.304. The molecule has 0 aliphatic rings. The summed E-state index contributed by atoms with van der Waals surface area (Å²) in [6, 6.07) is 7.25. The van der Waals surface area contributed by atoms with Gasteiger partial charge in [-0.1, -0.05) is 36.0 Å². The summed E-state index contributed by atoms with van der Waals surface area (Å²) in [5.74, 6) is 0.996. The van der Waals surface area contributed by atoms with Crippen LogP contribution in [0, 0.1) is 6.92 Å². The third-order valence-electron chi connectivity index (χ3n) is 4.84. The van der Waals surface area contributed by atoms with Crippen molar-refractivity contribution in [1.82, 2.24) is 25.2 Å². The van der Waals surface area contributed by atoms with Crippen LogP contribution in [0.3, 0.4) is 0 Å². The van der Waals surface area contributed by atoms with Crippen molar-refractivity contribution in [2.24, 2.45) is 7.05 Å². The number of rotatable bonds is 9. The number of nitrogens with one attached hydrogen (secondary N) is 1. The van der Waals surface area contributed by atoms with Gasteiger partial charge in [-0.2, -0.15) is 18.0 Å². The van der Waals surface area contributed by atoms with Crippen LogP contribution in [0.5, 0.6) is 0 Å². The Morgan fingerprint density at radius 1 is 1.21 bits per heavy atom. The molecule has 0 aliphatic heterocycles. The van der Waals surface area contributed by atoms with Crippen molar-refractivity contribution in [2.45, 2.75) is 33.1 Å². The lowest BCUT2D eigenvalue weighted by Crippen LogP contribution is -2.25. The van der Waals surface area contributed by atoms with Gasteiger partial charge in [0.05, 0.1) is 18.3 Å². The molecule has 0 aliphatic carbocycles. The van der Waals surface area contributed by atoms with Crippen LogP contribution in [0.1, 0.15) is 34.9 Å². The summed E-state index contributed by atoms with van der Waals surface area (Å²) in [7, 11) is 1.63. The van der Waals surface area contributed by atoms with E-state index in [0.717, 1.165) is 29.0 Å². The Morgan fingerprint density at radius 2 is 2.00 bits per heavy atom. The fourth-order valence-corrected chi connectivity index (χ4v) is 3.32. The molecular weight excluding hydrogens is 431 g/mol. The molecule has 2 aromatic heterocycles. The number of allylic oxidation sites excluding steroid dienone is 2. The van der Waals surface area contributed by atoms with Crippen LogP contribution in [0.15, 0.2) is 49.1 Å². The zero-order valence-corrected chi connectivity index (χ0v) is 18.8. The van der Waals surface area contributed by atoms with Crippen molar-refractivity contribution in [3.05, 3.63) is 77.0 Å². The predicted octanol–water partition coefficient (Wildman–Crippen LogP) is 4.77. The van der Waals surface area contributed by atoms with Gasteiger partial charge in [0.1, 0.15) is 5.82 Å². The van der Waals surface area contributed by atoms with Gasteiger partial charge in [0.15, 0.2) is 0 Å². The van der Waals surface area contributed by atoms with Gasteiger partial charge in [0.25, 0.3) is 5.95 Å². The summed E-state index contributed by atoms with van der Waals surface area (Å²) in [6.45, 7) is 8.75. The first kappa shape index (κ1) is 24.0. The summed E-state index contributed by atoms with van der Waals surface area (Å²) < 4.78 is 39.6. The van der Waals surface area contributed by atoms with E-state index < -0.39 is 11.7 Å². The lowest BCUT2D eigenvalue weighted by atomic mass is 10.1. The van der Waals surface area contributed by atoms with E-state index in [9.17, 15) is 13.2 Å². The van der Waals surface area contributed by atoms with Gasteiger partial charge in [-0.25, -0.2) is 4.98 Å². The molecule has 3 rings (SSSR count). The normalized spacial score (nSPS) is 11.7. The van der Waals surface area contributed by atoms with Gasteiger partial charge in [-0.3, -0.25) is 0 Å². The van der Waals surface area contributed by atoms with Crippen LogP contribution in [-0.2, 0) is 26.3 Å². The second-order valence-electron chi connectivity index (χ2n) is 7.46. The van der Waals surface area contributed by atoms with Crippen molar-refractivity contribution in [2.75, 3.05) is 16.8 Å². The van der Waals surface area contributed by atoms with E-state index in [1.807, 2.05) is 32.1 Å². The minimum atomic E-state index is -4.42. The molecule has 7 nitrogen and oxygen atoms in total. The standard InChI is InChI=1S/C23H26F3N7/c1-5-7-11-20-16(3)12-18(21(28-20)27-6-2)15-33(22-29-31-32(4)30-22)14-17-9-8-10-19(13-17)23(24,25)26/h5,7-13H,1,6,14-15H2,2-4H3,(H,27,28)/b11-7-. The highest BCUT2D eigenvalue weighted by Crippen LogP contribution is 2.30. The van der Waals surface area contributed by atoms with Crippen molar-refractivity contribution in [3.63, 3.8) is 0 Å². The van der Waals surface area contributed by atoms with Crippen LogP contribution in [0.2, 0.25) is 0 Å². The lowest BCUT2D eigenvalue weighted by Gasteiger charge is -2.23. The molecule has 0 bridgehead atoms. The maximum absolute atomic E-state index is 13.2. The number of anilines is 2. The SMILES string of the molecule is C=C/C=C\c1nc(NCC)c(CN(Cc2cccc(C(F)(F)F)c2)c2nnn(C)n2)cc1C. The van der Waals surface area contributed by atoms with E-state index >= 15 is 0 Å². The van der Waals surface area contributed by atoms with E-state index in [1.165, 1.54) is 10.9 Å². The second kappa shape index (κ2) is 10.3. The van der Waals surface area contributed by atoms with Crippen LogP contribution in [-0.4, -0.2) is 31.7 Å². The molecule has 0 unspecified atom stereocenters. The maximum Gasteiger partial charge on any atom is 0.416 e. The van der Waals surface area contributed by atoms with Gasteiger partial charge in [-0.05, 0) is 54.5 Å². The minimum Gasteiger partial charge on any atom is -0.370 e. The lowest BCUT2D eigenvalue weighted by molar-refractivity contribution is -0.137. The number of halogens is 3. The number of hydrogen-bond donors (Lipinski definition) is 1. The number of tetrazole rings is 1. The molecule has 33 heavy (non-hydrogen) atoms. The Morgan fingerprint density at radius 3 is 2.64 bits per heavy atom. The average molecular weight is 458 g/mol. The number of alkyl halides is 3. The molecule has 10 heteroatoms. The van der Waals surface area contributed by atoms with Gasteiger partial charge in [0.2, 0.25) is 0 Å². The van der Waals surface area contributed by atoms with E-state index in [0.29, 0.717) is 30.4 Å². The molecule has 0 saturated carbocycles. The third kappa shape index (κ3) is 6.18. The quantitative estimate of drug-likeness (QED) is 0.467. The van der Waals surface area contributed by atoms with Crippen molar-refractivity contribution >= 4 is 17.8 Å². The number of benzene rings is 1. The summed E-state index contributed by atoms with van der Waals surface area (Å²) in [6.07, 6.45) is 0.948. The van der Waals surface area contributed by atoms with Gasteiger partial charge in [-0.15, -0.1) is 5.10 Å². The third-order valence-corrected chi connectivity index (χ3v) is 4.84. The molecule has 0 amide bonds. The Balaban J connectivity index is 1.99. The summed E-state index contributed by atoms with van der Waals surface area (Å²) >= 11 is 0. The van der Waals surface area contributed by atoms with Crippen LogP contribution in [0.25, 0.3) is 6.08 Å². The number of nitrogens with zero attached hydrogens (tertiary/aromatic N) is 6. The largest absolute Gasteiger partial charge is 0.416 e. The molecule has 174 valence electrons. The first-order valence-electron chi connectivity index (χ1n) is 10.4. The van der Waals surface area contributed by atoms with Gasteiger partial charge >= 0.3 is 6.18 Å². The molecule has 2 heterocycles. The summed E-state index contributed by atoms with van der Waals surface area (Å²) in [5.41, 5.74) is 2.41. The van der Waals surface area contributed by atoms with E-state index in [1.54, 1.807) is 24.1 Å². The zero-order valence-electron chi connectivity index (χ0n) is 18.8. The Labute approximate surface area is 190 Å². The fourth-order valence-electron chi connectivity index (χ4n) is 3.32. The highest BCUT2D eigenvalue weighted by Gasteiger charge is 2.30. The second-order valence-corrected chi connectivity index (χ2v) is 7.46. The zero-order chi connectivity index (χ0) is 24.0. The van der Waals surface area contributed by atoms with Gasteiger partial charge < -0.3 is 10.2 Å². The summed E-state index contributed by atoms with van der Waals surface area (Å²) in [4.78, 5) is 7.81. The van der Waals surface area contributed by atoms with Crippen LogP contribution < -0.4 is 10.2 Å². The monoisotopic (exact) mass is 457 g/mol. The van der Waals surface area contributed by atoms with E-state index in [2.05, 4.69) is 27.3 Å². The predicted molar refractivity (Wildman–Crippen MR) is 122 cm³/mol. The molecule has 1 N–H and O–H groups in total. The van der Waals surface area contributed by atoms with Crippen molar-refractivity contribution in [1.29, 1.82) is 0 Å². The Bertz CT molecular complexity index is 1140. The van der Waals surface area contributed by atoms with Crippen LogP contribution >= 0.6 is 0 Å². The molecule has 0 saturated heterocycles. The van der Waals surface area contributed by atoms with E-state index in [4.69, 9.17) is 4.98 Å². The Hall–Kier alpha value is -3.69. The van der Waals surface area contributed by atoms with Crippen LogP contribution in [0.4, 0.5) is 24.9 Å². The maximum atomic E-state index is 13.2. The number of aromatic nitrogens is 5. The number of aryl methyl sites for hydroxylation is 2. The highest BCUT2D eigenvalue weighted by atomic mass is 19.4. The molecule has 1 aromatic carbocycles. The average Bonchev–Trinajstić information content (AvgIpc) is 3.20.